The second-order valence-electron chi connectivity index (χ2n) is 7.81. The Morgan fingerprint density at radius 1 is 1.15 bits per heavy atom. The number of rotatable bonds is 3. The van der Waals surface area contributed by atoms with E-state index in [1.807, 2.05) is 11.3 Å². The molecule has 1 saturated heterocycles. The second kappa shape index (κ2) is 6.45. The minimum absolute atomic E-state index is 0.557. The number of aromatic nitrogens is 3. The Bertz CT molecular complexity index is 977. The molecule has 136 valence electrons. The van der Waals surface area contributed by atoms with Gasteiger partial charge in [-0.2, -0.15) is 0 Å². The van der Waals surface area contributed by atoms with Crippen LogP contribution in [0.2, 0.25) is 0 Å². The van der Waals surface area contributed by atoms with Crippen LogP contribution in [0, 0.1) is 0 Å². The molecule has 1 fully saturated rings. The highest BCUT2D eigenvalue weighted by molar-refractivity contribution is 7.26. The molecular formula is C21H26N4S. The van der Waals surface area contributed by atoms with Crippen molar-refractivity contribution in [1.82, 2.24) is 15.0 Å². The number of nitrogens with zero attached hydrogens (tertiary/aromatic N) is 4. The molecule has 3 aromatic rings. The van der Waals surface area contributed by atoms with Gasteiger partial charge in [0.25, 0.3) is 0 Å². The minimum atomic E-state index is 0.557. The summed E-state index contributed by atoms with van der Waals surface area (Å²) in [6.07, 6.45) is 11.5. The molecule has 0 amide bonds. The van der Waals surface area contributed by atoms with Crippen molar-refractivity contribution in [3.05, 3.63) is 23.1 Å². The van der Waals surface area contributed by atoms with Gasteiger partial charge in [0.1, 0.15) is 17.0 Å². The number of anilines is 1. The van der Waals surface area contributed by atoms with Gasteiger partial charge in [-0.1, -0.05) is 13.3 Å². The molecule has 0 bridgehead atoms. The van der Waals surface area contributed by atoms with Gasteiger partial charge >= 0.3 is 0 Å². The zero-order valence-electron chi connectivity index (χ0n) is 15.7. The lowest BCUT2D eigenvalue weighted by Crippen LogP contribution is -2.38. The molecule has 1 atom stereocenters. The molecule has 2 aliphatic rings. The van der Waals surface area contributed by atoms with Crippen LogP contribution in [0.15, 0.2) is 6.33 Å². The zero-order chi connectivity index (χ0) is 17.7. The first-order valence-corrected chi connectivity index (χ1v) is 10.9. The smallest absolute Gasteiger partial charge is 0.150 e. The van der Waals surface area contributed by atoms with E-state index in [0.717, 1.165) is 30.7 Å². The molecule has 5 heteroatoms. The maximum atomic E-state index is 5.11. The summed E-state index contributed by atoms with van der Waals surface area (Å²) in [6, 6.07) is 0.557. The van der Waals surface area contributed by atoms with E-state index < -0.39 is 0 Å². The van der Waals surface area contributed by atoms with Crippen molar-refractivity contribution in [2.24, 2.45) is 0 Å². The summed E-state index contributed by atoms with van der Waals surface area (Å²) in [6.45, 7) is 5.68. The summed E-state index contributed by atoms with van der Waals surface area (Å²) >= 11 is 1.81. The third kappa shape index (κ3) is 2.43. The van der Waals surface area contributed by atoms with Gasteiger partial charge in [-0.3, -0.25) is 0 Å². The molecule has 4 nitrogen and oxygen atoms in total. The van der Waals surface area contributed by atoms with Crippen molar-refractivity contribution in [3.63, 3.8) is 0 Å². The fourth-order valence-corrected chi connectivity index (χ4v) is 6.01. The highest BCUT2D eigenvalue weighted by Crippen LogP contribution is 2.42. The van der Waals surface area contributed by atoms with E-state index in [2.05, 4.69) is 18.7 Å². The Labute approximate surface area is 158 Å². The van der Waals surface area contributed by atoms with Crippen molar-refractivity contribution in [3.8, 4) is 0 Å². The number of piperidine rings is 1. The Morgan fingerprint density at radius 3 is 2.88 bits per heavy atom. The van der Waals surface area contributed by atoms with Crippen LogP contribution in [0.3, 0.4) is 0 Å². The van der Waals surface area contributed by atoms with E-state index in [0.29, 0.717) is 6.04 Å². The molecule has 0 aromatic carbocycles. The molecule has 4 heterocycles. The highest BCUT2D eigenvalue weighted by Gasteiger charge is 2.27. The van der Waals surface area contributed by atoms with E-state index >= 15 is 0 Å². The second-order valence-corrected chi connectivity index (χ2v) is 8.81. The topological polar surface area (TPSA) is 41.9 Å². The van der Waals surface area contributed by atoms with Crippen LogP contribution < -0.4 is 4.90 Å². The van der Waals surface area contributed by atoms with Crippen molar-refractivity contribution in [2.45, 2.75) is 71.3 Å². The highest BCUT2D eigenvalue weighted by atomic mass is 32.1. The average Bonchev–Trinajstić information content (AvgIpc) is 3.26. The first-order valence-electron chi connectivity index (χ1n) is 10.1. The van der Waals surface area contributed by atoms with Gasteiger partial charge < -0.3 is 4.90 Å². The molecule has 0 spiro atoms. The predicted octanol–water partition coefficient (Wildman–Crippen LogP) is 5.06. The molecule has 1 aliphatic carbocycles. The van der Waals surface area contributed by atoms with Crippen molar-refractivity contribution < 1.29 is 0 Å². The number of pyridine rings is 1. The molecule has 5 rings (SSSR count). The average molecular weight is 367 g/mol. The minimum Gasteiger partial charge on any atom is -0.353 e. The summed E-state index contributed by atoms with van der Waals surface area (Å²) < 4.78 is 1.24. The maximum absolute atomic E-state index is 5.11. The van der Waals surface area contributed by atoms with Crippen LogP contribution >= 0.6 is 11.3 Å². The van der Waals surface area contributed by atoms with E-state index in [4.69, 9.17) is 15.0 Å². The van der Waals surface area contributed by atoms with Crippen LogP contribution in [-0.2, 0) is 19.3 Å². The van der Waals surface area contributed by atoms with Crippen LogP contribution in [0.5, 0.6) is 0 Å². The Morgan fingerprint density at radius 2 is 2.04 bits per heavy atom. The van der Waals surface area contributed by atoms with Crippen molar-refractivity contribution >= 4 is 37.6 Å². The molecular weight excluding hydrogens is 340 g/mol. The summed E-state index contributed by atoms with van der Waals surface area (Å²) in [5.41, 5.74) is 5.52. The van der Waals surface area contributed by atoms with E-state index in [1.54, 1.807) is 6.33 Å². The number of fused-ring (bicyclic) bond motifs is 5. The van der Waals surface area contributed by atoms with E-state index in [9.17, 15) is 0 Å². The molecule has 3 aromatic heterocycles. The van der Waals surface area contributed by atoms with E-state index in [-0.39, 0.29) is 0 Å². The number of thiophene rings is 1. The lowest BCUT2D eigenvalue weighted by molar-refractivity contribution is 0.482. The zero-order valence-corrected chi connectivity index (χ0v) is 16.5. The lowest BCUT2D eigenvalue weighted by atomic mass is 10.0. The normalized spacial score (nSPS) is 20.2. The Balaban J connectivity index is 1.76. The monoisotopic (exact) mass is 366 g/mol. The summed E-state index contributed by atoms with van der Waals surface area (Å²) in [4.78, 5) is 18.2. The first kappa shape index (κ1) is 16.4. The third-order valence-electron chi connectivity index (χ3n) is 6.10. The molecule has 1 aliphatic heterocycles. The molecule has 0 radical (unpaired) electrons. The quantitative estimate of drug-likeness (QED) is 0.650. The van der Waals surface area contributed by atoms with Gasteiger partial charge in [-0.05, 0) is 63.0 Å². The number of hydrogen-bond donors (Lipinski definition) is 0. The van der Waals surface area contributed by atoms with Crippen molar-refractivity contribution in [2.75, 3.05) is 11.4 Å². The summed E-state index contributed by atoms with van der Waals surface area (Å²) in [7, 11) is 0. The Kier molecular flexibility index (Phi) is 4.07. The van der Waals surface area contributed by atoms with Crippen LogP contribution in [0.1, 0.15) is 62.8 Å². The molecule has 0 N–H and O–H groups in total. The van der Waals surface area contributed by atoms with Crippen LogP contribution in [-0.4, -0.2) is 27.5 Å². The summed E-state index contributed by atoms with van der Waals surface area (Å²) in [5.74, 6) is 1.13. The molecule has 26 heavy (non-hydrogen) atoms. The fourth-order valence-electron chi connectivity index (χ4n) is 4.83. The standard InChI is InChI=1S/C21H26N4S/c1-3-7-16-14-9-6-10-15(14)17-18-19(26-21(17)24-16)20(23-12-22-18)25-11-5-4-8-13(25)2/h12-13H,3-11H2,1-2H3/t13-/m0/s1. The Hall–Kier alpha value is -1.75. The molecule has 0 unspecified atom stereocenters. The van der Waals surface area contributed by atoms with Gasteiger partial charge in [0.05, 0.1) is 10.2 Å². The van der Waals surface area contributed by atoms with E-state index in [1.165, 1.54) is 70.3 Å². The number of aryl methyl sites for hydroxylation is 2. The van der Waals surface area contributed by atoms with Crippen molar-refractivity contribution in [1.29, 1.82) is 0 Å². The van der Waals surface area contributed by atoms with Crippen LogP contribution in [0.4, 0.5) is 5.82 Å². The predicted molar refractivity (Wildman–Crippen MR) is 109 cm³/mol. The fraction of sp³-hybridized carbons (Fsp3) is 0.571. The molecule has 0 saturated carbocycles. The van der Waals surface area contributed by atoms with Gasteiger partial charge in [-0.25, -0.2) is 15.0 Å². The number of hydrogen-bond acceptors (Lipinski definition) is 5. The maximum Gasteiger partial charge on any atom is 0.150 e. The largest absolute Gasteiger partial charge is 0.353 e. The SMILES string of the molecule is CCCc1nc2sc3c(N4CCCC[C@@H]4C)ncnc3c2c2c1CCC2. The first-order chi connectivity index (χ1) is 12.8. The van der Waals surface area contributed by atoms with Gasteiger partial charge in [0.2, 0.25) is 0 Å². The van der Waals surface area contributed by atoms with Gasteiger partial charge in [0, 0.05) is 23.7 Å². The lowest BCUT2D eigenvalue weighted by Gasteiger charge is -2.34. The third-order valence-corrected chi connectivity index (χ3v) is 7.17. The van der Waals surface area contributed by atoms with Gasteiger partial charge in [-0.15, -0.1) is 11.3 Å². The van der Waals surface area contributed by atoms with Crippen LogP contribution in [0.25, 0.3) is 20.4 Å². The summed E-state index contributed by atoms with van der Waals surface area (Å²) in [5, 5.41) is 1.32. The van der Waals surface area contributed by atoms with Gasteiger partial charge in [0.15, 0.2) is 0 Å².